The summed E-state index contributed by atoms with van der Waals surface area (Å²) in [6.45, 7) is 8.36. The molecule has 2 heteroatoms. The fourth-order valence-corrected chi connectivity index (χ4v) is 3.53. The van der Waals surface area contributed by atoms with E-state index in [-0.39, 0.29) is 5.78 Å². The molecule has 3 aromatic rings. The molecule has 1 aliphatic rings. The van der Waals surface area contributed by atoms with Crippen molar-refractivity contribution >= 4 is 22.7 Å². The van der Waals surface area contributed by atoms with Crippen LogP contribution in [-0.2, 0) is 0 Å². The SMILES string of the molecule is C=C1c2ccccc2C(=O)c2c(Nc3cccc(C)c3)ccc(C)c21. The van der Waals surface area contributed by atoms with Crippen LogP contribution in [0.15, 0.2) is 67.2 Å². The second-order valence-electron chi connectivity index (χ2n) is 6.53. The van der Waals surface area contributed by atoms with E-state index in [9.17, 15) is 4.79 Å². The molecule has 25 heavy (non-hydrogen) atoms. The maximum atomic E-state index is 13.2. The summed E-state index contributed by atoms with van der Waals surface area (Å²) in [7, 11) is 0. The standard InChI is InChI=1S/C23H19NO/c1-14-7-6-8-17(13-14)24-20-12-11-15(2)21-16(3)18-9-4-5-10-19(18)23(25)22(20)21/h4-13,24H,3H2,1-2H3. The van der Waals surface area contributed by atoms with Crippen molar-refractivity contribution < 1.29 is 4.79 Å². The van der Waals surface area contributed by atoms with Gasteiger partial charge in [0, 0.05) is 11.3 Å². The second-order valence-corrected chi connectivity index (χ2v) is 6.53. The van der Waals surface area contributed by atoms with Gasteiger partial charge in [-0.15, -0.1) is 0 Å². The first-order valence-corrected chi connectivity index (χ1v) is 8.37. The number of ketones is 1. The number of fused-ring (bicyclic) bond motifs is 2. The minimum Gasteiger partial charge on any atom is -0.355 e. The lowest BCUT2D eigenvalue weighted by atomic mass is 9.79. The molecule has 3 aromatic carbocycles. The van der Waals surface area contributed by atoms with Crippen LogP contribution in [0.5, 0.6) is 0 Å². The Morgan fingerprint density at radius 3 is 2.36 bits per heavy atom. The highest BCUT2D eigenvalue weighted by molar-refractivity contribution is 6.21. The summed E-state index contributed by atoms with van der Waals surface area (Å²) < 4.78 is 0. The van der Waals surface area contributed by atoms with Gasteiger partial charge in [-0.2, -0.15) is 0 Å². The normalized spacial score (nSPS) is 12.6. The van der Waals surface area contributed by atoms with E-state index in [1.807, 2.05) is 55.5 Å². The monoisotopic (exact) mass is 325 g/mol. The number of rotatable bonds is 2. The molecule has 0 saturated carbocycles. The molecule has 0 unspecified atom stereocenters. The van der Waals surface area contributed by atoms with Crippen LogP contribution in [0.1, 0.15) is 38.2 Å². The van der Waals surface area contributed by atoms with Crippen LogP contribution in [-0.4, -0.2) is 5.78 Å². The number of carbonyl (C=O) groups excluding carboxylic acids is 1. The van der Waals surface area contributed by atoms with E-state index in [0.29, 0.717) is 5.56 Å². The smallest absolute Gasteiger partial charge is 0.196 e. The maximum absolute atomic E-state index is 13.2. The molecule has 4 rings (SSSR count). The van der Waals surface area contributed by atoms with Gasteiger partial charge < -0.3 is 5.32 Å². The number of aryl methyl sites for hydroxylation is 2. The average Bonchev–Trinajstić information content (AvgIpc) is 2.61. The first-order valence-electron chi connectivity index (χ1n) is 8.37. The van der Waals surface area contributed by atoms with Crippen molar-refractivity contribution in [2.24, 2.45) is 0 Å². The van der Waals surface area contributed by atoms with E-state index in [2.05, 4.69) is 31.0 Å². The van der Waals surface area contributed by atoms with E-state index in [0.717, 1.165) is 39.2 Å². The van der Waals surface area contributed by atoms with Crippen LogP contribution in [0.4, 0.5) is 11.4 Å². The second kappa shape index (κ2) is 5.75. The number of hydrogen-bond donors (Lipinski definition) is 1. The van der Waals surface area contributed by atoms with Crippen molar-refractivity contribution in [3.63, 3.8) is 0 Å². The summed E-state index contributed by atoms with van der Waals surface area (Å²) in [6.07, 6.45) is 0. The van der Waals surface area contributed by atoms with Gasteiger partial charge in [0.25, 0.3) is 0 Å². The van der Waals surface area contributed by atoms with E-state index in [4.69, 9.17) is 0 Å². The lowest BCUT2D eigenvalue weighted by Gasteiger charge is -2.25. The zero-order valence-electron chi connectivity index (χ0n) is 14.4. The van der Waals surface area contributed by atoms with Gasteiger partial charge in [-0.3, -0.25) is 4.79 Å². The van der Waals surface area contributed by atoms with Gasteiger partial charge in [0.15, 0.2) is 5.78 Å². The lowest BCUT2D eigenvalue weighted by molar-refractivity contribution is 0.103. The minimum atomic E-state index is 0.0526. The number of carbonyl (C=O) groups is 1. The van der Waals surface area contributed by atoms with Gasteiger partial charge in [-0.25, -0.2) is 0 Å². The third-order valence-electron chi connectivity index (χ3n) is 4.74. The molecule has 0 saturated heterocycles. The molecule has 0 spiro atoms. The van der Waals surface area contributed by atoms with E-state index in [1.54, 1.807) is 0 Å². The van der Waals surface area contributed by atoms with Gasteiger partial charge >= 0.3 is 0 Å². The Morgan fingerprint density at radius 1 is 0.840 bits per heavy atom. The van der Waals surface area contributed by atoms with E-state index < -0.39 is 0 Å². The quantitative estimate of drug-likeness (QED) is 0.516. The highest BCUT2D eigenvalue weighted by Crippen LogP contribution is 2.40. The topological polar surface area (TPSA) is 29.1 Å². The molecule has 0 amide bonds. The zero-order valence-corrected chi connectivity index (χ0v) is 14.4. The van der Waals surface area contributed by atoms with Gasteiger partial charge in [-0.1, -0.05) is 49.0 Å². The summed E-state index contributed by atoms with van der Waals surface area (Å²) in [6, 6.07) is 19.9. The summed E-state index contributed by atoms with van der Waals surface area (Å²) in [5.74, 6) is 0.0526. The van der Waals surface area contributed by atoms with Crippen LogP contribution in [0.25, 0.3) is 5.57 Å². The molecule has 0 atom stereocenters. The lowest BCUT2D eigenvalue weighted by Crippen LogP contribution is -2.17. The van der Waals surface area contributed by atoms with Gasteiger partial charge in [-0.05, 0) is 59.9 Å². The molecular weight excluding hydrogens is 306 g/mol. The summed E-state index contributed by atoms with van der Waals surface area (Å²) in [5.41, 5.74) is 8.26. The van der Waals surface area contributed by atoms with Crippen LogP contribution in [0, 0.1) is 13.8 Å². The molecule has 0 heterocycles. The largest absolute Gasteiger partial charge is 0.355 e. The van der Waals surface area contributed by atoms with Crippen molar-refractivity contribution in [2.75, 3.05) is 5.32 Å². The molecule has 1 N–H and O–H groups in total. The first-order chi connectivity index (χ1) is 12.1. The van der Waals surface area contributed by atoms with Crippen LogP contribution < -0.4 is 5.32 Å². The summed E-state index contributed by atoms with van der Waals surface area (Å²) in [5, 5.41) is 3.42. The molecule has 122 valence electrons. The molecule has 1 aliphatic carbocycles. The van der Waals surface area contributed by atoms with Gasteiger partial charge in [0.1, 0.15) is 0 Å². The highest BCUT2D eigenvalue weighted by atomic mass is 16.1. The fraction of sp³-hybridized carbons (Fsp3) is 0.0870. The molecule has 2 nitrogen and oxygen atoms in total. The van der Waals surface area contributed by atoms with E-state index >= 15 is 0 Å². The van der Waals surface area contributed by atoms with Crippen molar-refractivity contribution in [1.82, 2.24) is 0 Å². The molecule has 0 aromatic heterocycles. The third kappa shape index (κ3) is 2.47. The number of anilines is 2. The average molecular weight is 325 g/mol. The minimum absolute atomic E-state index is 0.0526. The molecule has 0 radical (unpaired) electrons. The van der Waals surface area contributed by atoms with Crippen LogP contribution >= 0.6 is 0 Å². The van der Waals surface area contributed by atoms with Gasteiger partial charge in [0.2, 0.25) is 0 Å². The van der Waals surface area contributed by atoms with Gasteiger partial charge in [0.05, 0.1) is 11.3 Å². The Labute approximate surface area is 147 Å². The zero-order chi connectivity index (χ0) is 17.6. The first kappa shape index (κ1) is 15.4. The Hall–Kier alpha value is -3.13. The van der Waals surface area contributed by atoms with Crippen LogP contribution in [0.3, 0.4) is 0 Å². The predicted molar refractivity (Wildman–Crippen MR) is 104 cm³/mol. The number of benzene rings is 3. The molecule has 0 fully saturated rings. The number of hydrogen-bond acceptors (Lipinski definition) is 2. The van der Waals surface area contributed by atoms with E-state index in [1.165, 1.54) is 5.56 Å². The van der Waals surface area contributed by atoms with Crippen molar-refractivity contribution in [1.29, 1.82) is 0 Å². The van der Waals surface area contributed by atoms with Crippen molar-refractivity contribution in [2.45, 2.75) is 13.8 Å². The summed E-state index contributed by atoms with van der Waals surface area (Å²) >= 11 is 0. The van der Waals surface area contributed by atoms with Crippen LogP contribution in [0.2, 0.25) is 0 Å². The Kier molecular flexibility index (Phi) is 3.54. The Morgan fingerprint density at radius 2 is 1.60 bits per heavy atom. The number of nitrogens with one attached hydrogen (secondary N) is 1. The Balaban J connectivity index is 1.90. The highest BCUT2D eigenvalue weighted by Gasteiger charge is 2.29. The Bertz CT molecular complexity index is 1030. The summed E-state index contributed by atoms with van der Waals surface area (Å²) in [4.78, 5) is 13.2. The van der Waals surface area contributed by atoms with Crippen molar-refractivity contribution in [3.8, 4) is 0 Å². The molecule has 0 aliphatic heterocycles. The fourth-order valence-electron chi connectivity index (χ4n) is 3.53. The molecule has 0 bridgehead atoms. The third-order valence-corrected chi connectivity index (χ3v) is 4.74. The predicted octanol–water partition coefficient (Wildman–Crippen LogP) is 5.65. The molecular formula is C23H19NO. The van der Waals surface area contributed by atoms with Crippen molar-refractivity contribution in [3.05, 3.63) is 101 Å². The maximum Gasteiger partial charge on any atom is 0.196 e.